The van der Waals surface area contributed by atoms with Crippen LogP contribution in [0, 0.1) is 41.5 Å². The summed E-state index contributed by atoms with van der Waals surface area (Å²) >= 11 is 0. The fourth-order valence-corrected chi connectivity index (χ4v) is 19.5. The quantitative estimate of drug-likeness (QED) is 0.145. The molecule has 20 aromatic carbocycles. The zero-order valence-corrected chi connectivity index (χ0v) is 74.9. The van der Waals surface area contributed by atoms with Gasteiger partial charge in [0.15, 0.2) is 0 Å². The first-order chi connectivity index (χ1) is 65.0. The highest BCUT2D eigenvalue weighted by Gasteiger charge is 2.20. The zero-order valence-electron chi connectivity index (χ0n) is 74.9. The number of nitrogens with zero attached hydrogens (tertiary/aromatic N) is 6. The van der Waals surface area contributed by atoms with Gasteiger partial charge in [-0.25, -0.2) is 0 Å². The summed E-state index contributed by atoms with van der Waals surface area (Å²) in [5, 5.41) is 15.7. The average Bonchev–Trinajstić information content (AvgIpc) is 1.58. The van der Waals surface area contributed by atoms with E-state index in [0.29, 0.717) is 0 Å². The van der Waals surface area contributed by atoms with E-state index in [1.54, 1.807) is 0 Å². The van der Waals surface area contributed by atoms with Crippen LogP contribution in [0.4, 0.5) is 0 Å². The molecule has 0 atom stereocenters. The Morgan fingerprint density at radius 3 is 0.803 bits per heavy atom. The van der Waals surface area contributed by atoms with Gasteiger partial charge in [-0.15, -0.1) is 0 Å². The summed E-state index contributed by atoms with van der Waals surface area (Å²) in [5.41, 5.74) is 35.2. The fraction of sp³-hybridized carbons (Fsp3) is 0.0476. The standard InChI is InChI=1S/2C25H19N.4C19H15N/c1-18-8-7-9-19(16-18)20-14-15-23-22-12-5-6-13-24(22)26(25(23)17-20)21-10-3-2-4-11-21;1-18-11-13-19(14-12-18)20-15-16-23-22-9-5-6-10-24(22)26(25(23)17-20)21-7-3-2-4-8-21;1-14-10-12-15(13-11-14)20-18-8-4-2-6-16(18)17-7-3-5-9-19(17)20;1-14-8-7-12-17-16-11-5-6-13-18(16)20(19(14)17)15-9-3-2-4-10-15;1-14-8-7-13-18-19(14)16-11-5-6-12-17(16)20(18)15-9-3-2-4-10-15;1-14-11-12-17-16-9-5-6-10-18(16)20(19(17)13-14)15-7-3-2-4-8-15/h2*2-17H,1H3;4*2-13H,1H3. The van der Waals surface area contributed by atoms with E-state index in [2.05, 4.69) is 554 Å². The summed E-state index contributed by atoms with van der Waals surface area (Å²) in [6.07, 6.45) is 0. The van der Waals surface area contributed by atoms with Crippen molar-refractivity contribution in [3.8, 4) is 56.4 Å². The fourth-order valence-electron chi connectivity index (χ4n) is 19.5. The lowest BCUT2D eigenvalue weighted by Gasteiger charge is -2.09. The van der Waals surface area contributed by atoms with Crippen LogP contribution in [0.25, 0.3) is 187 Å². The van der Waals surface area contributed by atoms with Crippen LogP contribution < -0.4 is 0 Å². The third-order valence-electron chi connectivity index (χ3n) is 25.7. The molecular formula is C126H98N6. The summed E-state index contributed by atoms with van der Waals surface area (Å²) in [4.78, 5) is 0. The van der Waals surface area contributed by atoms with Gasteiger partial charge in [-0.05, 0) is 220 Å². The molecule has 26 aromatic rings. The summed E-state index contributed by atoms with van der Waals surface area (Å²) in [7, 11) is 0. The van der Waals surface area contributed by atoms with Crippen LogP contribution in [0.5, 0.6) is 0 Å². The van der Waals surface area contributed by atoms with Gasteiger partial charge < -0.3 is 27.4 Å². The molecule has 6 nitrogen and oxygen atoms in total. The Morgan fingerprint density at radius 1 is 0.129 bits per heavy atom. The minimum atomic E-state index is 1.19. The number of rotatable bonds is 8. The molecule has 0 amide bonds. The molecule has 0 N–H and O–H groups in total. The summed E-state index contributed by atoms with van der Waals surface area (Å²) in [5.74, 6) is 0. The second-order valence-electron chi connectivity index (χ2n) is 34.3. The highest BCUT2D eigenvalue weighted by Crippen LogP contribution is 2.42. The second kappa shape index (κ2) is 36.1. The second-order valence-corrected chi connectivity index (χ2v) is 34.3. The van der Waals surface area contributed by atoms with Crippen molar-refractivity contribution in [2.75, 3.05) is 0 Å². The van der Waals surface area contributed by atoms with Crippen molar-refractivity contribution in [2.24, 2.45) is 0 Å². The average molecular weight is 1700 g/mol. The smallest absolute Gasteiger partial charge is 0.0570 e. The van der Waals surface area contributed by atoms with Crippen LogP contribution in [0.2, 0.25) is 0 Å². The monoisotopic (exact) mass is 1690 g/mol. The van der Waals surface area contributed by atoms with E-state index in [4.69, 9.17) is 0 Å². The summed E-state index contributed by atoms with van der Waals surface area (Å²) in [6.45, 7) is 12.9. The van der Waals surface area contributed by atoms with Crippen LogP contribution in [0.1, 0.15) is 33.4 Å². The SMILES string of the molecule is Cc1ccc(-c2ccc3c4ccccc4n(-c4ccccc4)c3c2)cc1.Cc1ccc(-n2c3ccccc3c3ccccc32)cc1.Cc1ccc2c3ccccc3n(-c3ccccc3)c2c1.Cc1cccc(-c2ccc3c4ccccc4n(-c4ccccc4)c3c2)c1.Cc1cccc2c1c1ccccc1n2-c1ccccc1.Cc1cccc2c3ccccc3n(-c3ccccc3)c12. The Bertz CT molecular complexity index is 8560. The maximum atomic E-state index is 2.37. The first-order valence-electron chi connectivity index (χ1n) is 45.5. The highest BCUT2D eigenvalue weighted by molar-refractivity contribution is 6.15. The van der Waals surface area contributed by atoms with E-state index in [-0.39, 0.29) is 0 Å². The Hall–Kier alpha value is -16.8. The van der Waals surface area contributed by atoms with Crippen LogP contribution in [0.15, 0.2) is 485 Å². The van der Waals surface area contributed by atoms with Crippen molar-refractivity contribution >= 4 is 131 Å². The number of fused-ring (bicyclic) bond motifs is 18. The van der Waals surface area contributed by atoms with Gasteiger partial charge in [0.2, 0.25) is 0 Å². The molecule has 6 heterocycles. The maximum Gasteiger partial charge on any atom is 0.0570 e. The largest absolute Gasteiger partial charge is 0.309 e. The van der Waals surface area contributed by atoms with E-state index in [0.717, 1.165) is 0 Å². The van der Waals surface area contributed by atoms with Crippen molar-refractivity contribution < 1.29 is 0 Å². The Labute approximate surface area is 769 Å². The van der Waals surface area contributed by atoms with Gasteiger partial charge in [0.25, 0.3) is 0 Å². The molecule has 0 fully saturated rings. The van der Waals surface area contributed by atoms with Crippen molar-refractivity contribution in [2.45, 2.75) is 41.5 Å². The van der Waals surface area contributed by atoms with E-state index in [1.807, 2.05) is 0 Å². The van der Waals surface area contributed by atoms with Crippen LogP contribution in [0.3, 0.4) is 0 Å². The van der Waals surface area contributed by atoms with Gasteiger partial charge in [-0.2, -0.15) is 0 Å². The van der Waals surface area contributed by atoms with Crippen molar-refractivity contribution in [3.63, 3.8) is 0 Å². The Morgan fingerprint density at radius 2 is 0.379 bits per heavy atom. The van der Waals surface area contributed by atoms with Gasteiger partial charge in [0.05, 0.1) is 66.2 Å². The molecular weight excluding hydrogens is 1600 g/mol. The molecule has 132 heavy (non-hydrogen) atoms. The summed E-state index contributed by atoms with van der Waals surface area (Å²) in [6, 6.07) is 173. The van der Waals surface area contributed by atoms with E-state index >= 15 is 0 Å². The van der Waals surface area contributed by atoms with Crippen molar-refractivity contribution in [1.29, 1.82) is 0 Å². The number of para-hydroxylation sites is 13. The first-order valence-corrected chi connectivity index (χ1v) is 45.5. The number of hydrogen-bond donors (Lipinski definition) is 0. The molecule has 0 aliphatic heterocycles. The molecule has 0 unspecified atom stereocenters. The molecule has 6 aromatic heterocycles. The molecule has 632 valence electrons. The van der Waals surface area contributed by atoms with E-state index in [1.165, 1.54) is 221 Å². The summed E-state index contributed by atoms with van der Waals surface area (Å²) < 4.78 is 14.1. The Balaban J connectivity index is 0.0000000959. The third-order valence-corrected chi connectivity index (χ3v) is 25.7. The predicted octanol–water partition coefficient (Wildman–Crippen LogP) is 33.9. The van der Waals surface area contributed by atoms with Crippen LogP contribution in [-0.2, 0) is 0 Å². The minimum absolute atomic E-state index is 1.19. The number of benzene rings is 20. The highest BCUT2D eigenvalue weighted by atomic mass is 15.0. The topological polar surface area (TPSA) is 29.6 Å². The molecule has 0 saturated carbocycles. The third kappa shape index (κ3) is 15.7. The van der Waals surface area contributed by atoms with Gasteiger partial charge in [0, 0.05) is 98.8 Å². The molecule has 0 spiro atoms. The van der Waals surface area contributed by atoms with E-state index < -0.39 is 0 Å². The minimum Gasteiger partial charge on any atom is -0.309 e. The lowest BCUT2D eigenvalue weighted by molar-refractivity contribution is 1.17. The predicted molar refractivity (Wildman–Crippen MR) is 564 cm³/mol. The molecule has 6 heteroatoms. The number of hydrogen-bond acceptors (Lipinski definition) is 0. The lowest BCUT2D eigenvalue weighted by atomic mass is 10.0. The molecule has 0 aliphatic rings. The Kier molecular flexibility index (Phi) is 22.5. The van der Waals surface area contributed by atoms with Crippen LogP contribution >= 0.6 is 0 Å². The van der Waals surface area contributed by atoms with Gasteiger partial charge in [-0.3, -0.25) is 0 Å². The molecule has 0 radical (unpaired) electrons. The van der Waals surface area contributed by atoms with Crippen LogP contribution in [-0.4, -0.2) is 27.4 Å². The molecule has 0 saturated heterocycles. The van der Waals surface area contributed by atoms with Crippen molar-refractivity contribution in [1.82, 2.24) is 27.4 Å². The first kappa shape index (κ1) is 82.2. The number of aromatic nitrogens is 6. The normalized spacial score (nSPS) is 11.3. The maximum absolute atomic E-state index is 2.37. The van der Waals surface area contributed by atoms with E-state index in [9.17, 15) is 0 Å². The van der Waals surface area contributed by atoms with Gasteiger partial charge >= 0.3 is 0 Å². The molecule has 0 aliphatic carbocycles. The zero-order chi connectivity index (χ0) is 89.1. The van der Waals surface area contributed by atoms with Crippen molar-refractivity contribution in [3.05, 3.63) is 519 Å². The van der Waals surface area contributed by atoms with Gasteiger partial charge in [-0.1, -0.05) is 362 Å². The number of aryl methyl sites for hydroxylation is 6. The molecule has 26 rings (SSSR count). The lowest BCUT2D eigenvalue weighted by Crippen LogP contribution is -1.94. The van der Waals surface area contributed by atoms with Gasteiger partial charge in [0.1, 0.15) is 0 Å². The molecule has 0 bridgehead atoms.